The molecule has 0 radical (unpaired) electrons. The summed E-state index contributed by atoms with van der Waals surface area (Å²) in [6.45, 7) is 3.56. The van der Waals surface area contributed by atoms with E-state index in [1.165, 1.54) is 0 Å². The van der Waals surface area contributed by atoms with E-state index in [-0.39, 0.29) is 11.9 Å². The second-order valence-corrected chi connectivity index (χ2v) is 5.32. The van der Waals surface area contributed by atoms with Crippen LogP contribution in [0.15, 0.2) is 18.2 Å². The van der Waals surface area contributed by atoms with E-state index in [0.717, 1.165) is 31.4 Å². The molecule has 0 aliphatic carbocycles. The average Bonchev–Trinajstić information content (AvgIpc) is 2.78. The van der Waals surface area contributed by atoms with Gasteiger partial charge in [-0.25, -0.2) is 0 Å². The highest BCUT2D eigenvalue weighted by molar-refractivity contribution is 5.45. The molecule has 0 bridgehead atoms. The monoisotopic (exact) mass is 265 g/mol. The third-order valence-corrected chi connectivity index (χ3v) is 3.79. The molecule has 2 N–H and O–H groups in total. The Bertz CT molecular complexity index is 420. The molecule has 19 heavy (non-hydrogen) atoms. The maximum Gasteiger partial charge on any atom is 0.162 e. The Kier molecular flexibility index (Phi) is 4.66. The molecule has 1 heterocycles. The van der Waals surface area contributed by atoms with Gasteiger partial charge in [-0.05, 0) is 38.8 Å². The number of phenols is 1. The van der Waals surface area contributed by atoms with Gasteiger partial charge in [-0.1, -0.05) is 12.1 Å². The predicted octanol–water partition coefficient (Wildman–Crippen LogP) is 2.14. The minimum atomic E-state index is -0.274. The molecule has 2 rings (SSSR count). The van der Waals surface area contributed by atoms with Crippen LogP contribution in [0.3, 0.4) is 0 Å². The second-order valence-electron chi connectivity index (χ2n) is 5.32. The van der Waals surface area contributed by atoms with Crippen molar-refractivity contribution in [1.29, 1.82) is 0 Å². The molecule has 0 amide bonds. The molecule has 4 nitrogen and oxygen atoms in total. The Hall–Kier alpha value is -1.26. The van der Waals surface area contributed by atoms with Gasteiger partial charge in [-0.15, -0.1) is 0 Å². The van der Waals surface area contributed by atoms with E-state index in [9.17, 15) is 10.2 Å². The predicted molar refractivity (Wildman–Crippen MR) is 74.4 cm³/mol. The van der Waals surface area contributed by atoms with Crippen molar-refractivity contribution in [1.82, 2.24) is 4.90 Å². The van der Waals surface area contributed by atoms with Gasteiger partial charge in [-0.3, -0.25) is 4.90 Å². The topological polar surface area (TPSA) is 52.9 Å². The molecule has 106 valence electrons. The van der Waals surface area contributed by atoms with E-state index in [1.54, 1.807) is 13.2 Å². The van der Waals surface area contributed by atoms with E-state index in [1.807, 2.05) is 19.1 Å². The van der Waals surface area contributed by atoms with Crippen LogP contribution in [0.5, 0.6) is 11.5 Å². The SMILES string of the molecule is COc1cccc(CN2CCCC2CC(C)O)c1O. The van der Waals surface area contributed by atoms with Crippen LogP contribution in [0, 0.1) is 0 Å². The number of methoxy groups -OCH3 is 1. The maximum atomic E-state index is 10.1. The van der Waals surface area contributed by atoms with E-state index in [2.05, 4.69) is 4.90 Å². The minimum absolute atomic E-state index is 0.229. The fraction of sp³-hybridized carbons (Fsp3) is 0.600. The van der Waals surface area contributed by atoms with Crippen LogP contribution < -0.4 is 4.74 Å². The summed E-state index contributed by atoms with van der Waals surface area (Å²) in [6.07, 6.45) is 2.80. The standard InChI is InChI=1S/C15H23NO3/c1-11(17)9-13-6-4-8-16(13)10-12-5-3-7-14(19-2)15(12)18/h3,5,7,11,13,17-18H,4,6,8-10H2,1-2H3. The molecule has 0 aromatic heterocycles. The number of phenolic OH excluding ortho intramolecular Hbond substituents is 1. The van der Waals surface area contributed by atoms with Crippen molar-refractivity contribution in [2.45, 2.75) is 44.9 Å². The molecule has 1 aromatic rings. The number of likely N-dealkylation sites (tertiary alicyclic amines) is 1. The lowest BCUT2D eigenvalue weighted by Gasteiger charge is -2.26. The first-order chi connectivity index (χ1) is 9.11. The van der Waals surface area contributed by atoms with Gasteiger partial charge < -0.3 is 14.9 Å². The number of aromatic hydroxyl groups is 1. The average molecular weight is 265 g/mol. The minimum Gasteiger partial charge on any atom is -0.504 e. The zero-order valence-corrected chi connectivity index (χ0v) is 11.7. The molecule has 0 spiro atoms. The molecule has 2 unspecified atom stereocenters. The first-order valence-corrected chi connectivity index (χ1v) is 6.88. The lowest BCUT2D eigenvalue weighted by atomic mass is 10.1. The van der Waals surface area contributed by atoms with Crippen molar-refractivity contribution >= 4 is 0 Å². The number of nitrogens with zero attached hydrogens (tertiary/aromatic N) is 1. The van der Waals surface area contributed by atoms with E-state index in [0.29, 0.717) is 18.3 Å². The van der Waals surface area contributed by atoms with E-state index < -0.39 is 0 Å². The van der Waals surface area contributed by atoms with Gasteiger partial charge in [0.05, 0.1) is 13.2 Å². The molecular formula is C15H23NO3. The fourth-order valence-electron chi connectivity index (χ4n) is 2.84. The maximum absolute atomic E-state index is 10.1. The molecule has 0 saturated carbocycles. The first-order valence-electron chi connectivity index (χ1n) is 6.88. The first kappa shape index (κ1) is 14.2. The zero-order valence-electron chi connectivity index (χ0n) is 11.7. The molecule has 1 aliphatic rings. The van der Waals surface area contributed by atoms with E-state index >= 15 is 0 Å². The largest absolute Gasteiger partial charge is 0.504 e. The summed E-state index contributed by atoms with van der Waals surface area (Å²) in [6, 6.07) is 5.99. The Morgan fingerprint density at radius 1 is 1.47 bits per heavy atom. The van der Waals surface area contributed by atoms with E-state index in [4.69, 9.17) is 4.74 Å². The molecular weight excluding hydrogens is 242 g/mol. The summed E-state index contributed by atoms with van der Waals surface area (Å²) in [5.74, 6) is 0.747. The molecule has 1 fully saturated rings. The summed E-state index contributed by atoms with van der Waals surface area (Å²) in [5.41, 5.74) is 0.886. The van der Waals surface area contributed by atoms with Crippen LogP contribution in [-0.4, -0.2) is 40.9 Å². The van der Waals surface area contributed by atoms with Crippen LogP contribution in [0.25, 0.3) is 0 Å². The van der Waals surface area contributed by atoms with Gasteiger partial charge in [0.2, 0.25) is 0 Å². The highest BCUT2D eigenvalue weighted by Gasteiger charge is 2.26. The summed E-state index contributed by atoms with van der Waals surface area (Å²) in [7, 11) is 1.56. The van der Waals surface area contributed by atoms with Crippen molar-refractivity contribution in [2.24, 2.45) is 0 Å². The molecule has 4 heteroatoms. The van der Waals surface area contributed by atoms with Gasteiger partial charge >= 0.3 is 0 Å². The summed E-state index contributed by atoms with van der Waals surface area (Å²) in [5, 5.41) is 19.7. The van der Waals surface area contributed by atoms with Gasteiger partial charge in [0, 0.05) is 18.2 Å². The van der Waals surface area contributed by atoms with Gasteiger partial charge in [0.1, 0.15) is 0 Å². The number of ether oxygens (including phenoxy) is 1. The Balaban J connectivity index is 2.08. The number of hydrogen-bond donors (Lipinski definition) is 2. The number of rotatable bonds is 5. The fourth-order valence-corrected chi connectivity index (χ4v) is 2.84. The molecule has 2 atom stereocenters. The summed E-state index contributed by atoms with van der Waals surface area (Å²) >= 11 is 0. The van der Waals surface area contributed by atoms with Crippen LogP contribution in [-0.2, 0) is 6.54 Å². The van der Waals surface area contributed by atoms with Crippen LogP contribution in [0.2, 0.25) is 0 Å². The van der Waals surface area contributed by atoms with Gasteiger partial charge in [0.25, 0.3) is 0 Å². The number of hydrogen-bond acceptors (Lipinski definition) is 4. The number of para-hydroxylation sites is 1. The summed E-state index contributed by atoms with van der Waals surface area (Å²) in [4.78, 5) is 2.33. The number of aliphatic hydroxyl groups is 1. The molecule has 1 saturated heterocycles. The molecule has 1 aliphatic heterocycles. The zero-order chi connectivity index (χ0) is 13.8. The summed E-state index contributed by atoms with van der Waals surface area (Å²) < 4.78 is 5.13. The Morgan fingerprint density at radius 2 is 2.26 bits per heavy atom. The Morgan fingerprint density at radius 3 is 2.95 bits per heavy atom. The second kappa shape index (κ2) is 6.26. The van der Waals surface area contributed by atoms with Crippen molar-refractivity contribution in [3.63, 3.8) is 0 Å². The van der Waals surface area contributed by atoms with Crippen LogP contribution in [0.1, 0.15) is 31.7 Å². The van der Waals surface area contributed by atoms with Gasteiger partial charge in [0.15, 0.2) is 11.5 Å². The highest BCUT2D eigenvalue weighted by Crippen LogP contribution is 2.32. The lowest BCUT2D eigenvalue weighted by molar-refractivity contribution is 0.130. The number of benzene rings is 1. The highest BCUT2D eigenvalue weighted by atomic mass is 16.5. The lowest BCUT2D eigenvalue weighted by Crippen LogP contribution is -2.31. The number of aliphatic hydroxyl groups excluding tert-OH is 1. The van der Waals surface area contributed by atoms with Crippen molar-refractivity contribution in [3.05, 3.63) is 23.8 Å². The third-order valence-electron chi connectivity index (χ3n) is 3.79. The van der Waals surface area contributed by atoms with Crippen LogP contribution >= 0.6 is 0 Å². The quantitative estimate of drug-likeness (QED) is 0.856. The smallest absolute Gasteiger partial charge is 0.162 e. The van der Waals surface area contributed by atoms with Gasteiger partial charge in [-0.2, -0.15) is 0 Å². The molecule has 1 aromatic carbocycles. The normalized spacial score (nSPS) is 21.5. The van der Waals surface area contributed by atoms with Crippen molar-refractivity contribution in [2.75, 3.05) is 13.7 Å². The van der Waals surface area contributed by atoms with Crippen LogP contribution in [0.4, 0.5) is 0 Å². The third kappa shape index (κ3) is 3.39. The van der Waals surface area contributed by atoms with Crippen molar-refractivity contribution < 1.29 is 14.9 Å². The van der Waals surface area contributed by atoms with Crippen molar-refractivity contribution in [3.8, 4) is 11.5 Å². The Labute approximate surface area is 114 Å².